The topological polar surface area (TPSA) is 42.7 Å². The fraction of sp³-hybridized carbons (Fsp3) is 0.385. The molecular weight excluding hydrogens is 339 g/mol. The number of halogens is 1. The summed E-state index contributed by atoms with van der Waals surface area (Å²) in [5.74, 6) is 0.882. The Morgan fingerprint density at radius 3 is 2.78 bits per heavy atom. The lowest BCUT2D eigenvalue weighted by atomic mass is 10.2. The van der Waals surface area contributed by atoms with Gasteiger partial charge in [-0.05, 0) is 53.1 Å². The number of rotatable bonds is 5. The molecule has 1 fully saturated rings. The maximum atomic E-state index is 4.47. The average molecular weight is 354 g/mol. The first-order valence-corrected chi connectivity index (χ1v) is 7.23. The van der Waals surface area contributed by atoms with Crippen molar-refractivity contribution in [2.24, 2.45) is 0 Å². The van der Waals surface area contributed by atoms with E-state index in [1.54, 1.807) is 0 Å². The second kappa shape index (κ2) is 5.36. The molecule has 5 heteroatoms. The van der Waals surface area contributed by atoms with Crippen molar-refractivity contribution in [2.45, 2.75) is 32.0 Å². The predicted octanol–water partition coefficient (Wildman–Crippen LogP) is 2.18. The van der Waals surface area contributed by atoms with E-state index in [9.17, 15) is 0 Å². The van der Waals surface area contributed by atoms with Crippen molar-refractivity contribution in [3.05, 3.63) is 45.6 Å². The summed E-state index contributed by atoms with van der Waals surface area (Å²) in [6, 6.07) is 9.19. The molecule has 1 saturated carbocycles. The highest BCUT2D eigenvalue weighted by molar-refractivity contribution is 14.1. The molecule has 94 valence electrons. The molecule has 1 aliphatic rings. The summed E-state index contributed by atoms with van der Waals surface area (Å²) in [6.07, 6.45) is 4.40. The summed E-state index contributed by atoms with van der Waals surface area (Å²) < 4.78 is 3.15. The van der Waals surface area contributed by atoms with Crippen molar-refractivity contribution < 1.29 is 0 Å². The molecule has 1 N–H and O–H groups in total. The van der Waals surface area contributed by atoms with Crippen LogP contribution in [0, 0.1) is 3.57 Å². The smallest absolute Gasteiger partial charge is 0.164 e. The molecule has 4 nitrogen and oxygen atoms in total. The zero-order valence-electron chi connectivity index (χ0n) is 10.0. The molecule has 0 amide bonds. The zero-order chi connectivity index (χ0) is 12.4. The maximum absolute atomic E-state index is 4.47. The molecular formula is C13H15IN4. The molecule has 0 aliphatic heterocycles. The Balaban J connectivity index is 1.60. The van der Waals surface area contributed by atoms with E-state index in [4.69, 9.17) is 0 Å². The van der Waals surface area contributed by atoms with Gasteiger partial charge in [-0.1, -0.05) is 12.1 Å². The minimum atomic E-state index is 0.702. The number of benzene rings is 1. The van der Waals surface area contributed by atoms with Crippen LogP contribution in [-0.2, 0) is 13.1 Å². The molecule has 1 heterocycles. The van der Waals surface area contributed by atoms with E-state index >= 15 is 0 Å². The van der Waals surface area contributed by atoms with Gasteiger partial charge in [0.25, 0.3) is 0 Å². The van der Waals surface area contributed by atoms with Gasteiger partial charge in [0.05, 0.1) is 13.1 Å². The van der Waals surface area contributed by atoms with E-state index in [2.05, 4.69) is 62.3 Å². The Hall–Kier alpha value is -0.950. The van der Waals surface area contributed by atoms with Crippen LogP contribution in [0.4, 0.5) is 0 Å². The Bertz CT molecular complexity index is 516. The van der Waals surface area contributed by atoms with Crippen LogP contribution in [0.3, 0.4) is 0 Å². The number of nitrogens with zero attached hydrogens (tertiary/aromatic N) is 3. The highest BCUT2D eigenvalue weighted by atomic mass is 127. The molecule has 1 aromatic heterocycles. The molecule has 0 spiro atoms. The maximum Gasteiger partial charge on any atom is 0.164 e. The monoisotopic (exact) mass is 354 g/mol. The SMILES string of the molecule is Ic1ccc(Cn2cnc(CNC3CC3)n2)cc1. The van der Waals surface area contributed by atoms with Gasteiger partial charge in [-0.25, -0.2) is 9.67 Å². The molecule has 0 bridgehead atoms. The fourth-order valence-corrected chi connectivity index (χ4v) is 2.15. The average Bonchev–Trinajstić information content (AvgIpc) is 3.10. The van der Waals surface area contributed by atoms with Gasteiger partial charge in [0, 0.05) is 9.61 Å². The van der Waals surface area contributed by atoms with Gasteiger partial charge in [-0.3, -0.25) is 0 Å². The van der Waals surface area contributed by atoms with Gasteiger partial charge in [0.15, 0.2) is 5.82 Å². The lowest BCUT2D eigenvalue weighted by Crippen LogP contribution is -2.16. The number of nitrogens with one attached hydrogen (secondary N) is 1. The highest BCUT2D eigenvalue weighted by Gasteiger charge is 2.20. The van der Waals surface area contributed by atoms with Gasteiger partial charge in [0.1, 0.15) is 6.33 Å². The highest BCUT2D eigenvalue weighted by Crippen LogP contribution is 2.18. The van der Waals surface area contributed by atoms with Crippen molar-refractivity contribution in [3.63, 3.8) is 0 Å². The zero-order valence-corrected chi connectivity index (χ0v) is 12.2. The summed E-state index contributed by atoms with van der Waals surface area (Å²) in [5, 5.41) is 7.89. The molecule has 2 aromatic rings. The molecule has 1 aliphatic carbocycles. The Labute approximate surface area is 120 Å². The molecule has 1 aromatic carbocycles. The molecule has 3 rings (SSSR count). The lowest BCUT2D eigenvalue weighted by molar-refractivity contribution is 0.628. The predicted molar refractivity (Wildman–Crippen MR) is 78.1 cm³/mol. The first kappa shape index (κ1) is 12.1. The van der Waals surface area contributed by atoms with Crippen LogP contribution >= 0.6 is 22.6 Å². The van der Waals surface area contributed by atoms with Gasteiger partial charge < -0.3 is 5.32 Å². The van der Waals surface area contributed by atoms with Crippen molar-refractivity contribution >= 4 is 22.6 Å². The summed E-state index contributed by atoms with van der Waals surface area (Å²) in [7, 11) is 0. The third kappa shape index (κ3) is 3.29. The third-order valence-corrected chi connectivity index (χ3v) is 3.69. The van der Waals surface area contributed by atoms with Gasteiger partial charge in [-0.15, -0.1) is 0 Å². The van der Waals surface area contributed by atoms with E-state index in [0.29, 0.717) is 6.04 Å². The summed E-state index contributed by atoms with van der Waals surface area (Å²) in [4.78, 5) is 4.32. The molecule has 0 atom stereocenters. The van der Waals surface area contributed by atoms with Gasteiger partial charge in [0.2, 0.25) is 0 Å². The van der Waals surface area contributed by atoms with Crippen LogP contribution < -0.4 is 5.32 Å². The van der Waals surface area contributed by atoms with Gasteiger partial charge in [-0.2, -0.15) is 5.10 Å². The Morgan fingerprint density at radius 2 is 2.06 bits per heavy atom. The first-order chi connectivity index (χ1) is 8.79. The minimum Gasteiger partial charge on any atom is -0.307 e. The molecule has 0 saturated heterocycles. The summed E-state index contributed by atoms with van der Waals surface area (Å²) in [5.41, 5.74) is 1.25. The quantitative estimate of drug-likeness (QED) is 0.837. The third-order valence-electron chi connectivity index (χ3n) is 2.97. The van der Waals surface area contributed by atoms with E-state index < -0.39 is 0 Å². The minimum absolute atomic E-state index is 0.702. The van der Waals surface area contributed by atoms with E-state index in [1.165, 1.54) is 22.0 Å². The number of hydrogen-bond acceptors (Lipinski definition) is 3. The fourth-order valence-electron chi connectivity index (χ4n) is 1.79. The van der Waals surface area contributed by atoms with E-state index in [1.807, 2.05) is 11.0 Å². The summed E-state index contributed by atoms with van der Waals surface area (Å²) in [6.45, 7) is 1.57. The van der Waals surface area contributed by atoms with Crippen LogP contribution in [0.5, 0.6) is 0 Å². The normalized spacial score (nSPS) is 14.9. The lowest BCUT2D eigenvalue weighted by Gasteiger charge is -2.01. The van der Waals surface area contributed by atoms with E-state index in [-0.39, 0.29) is 0 Å². The standard InChI is InChI=1S/C13H15IN4/c14-11-3-1-10(2-4-11)8-18-9-16-13(17-18)7-15-12-5-6-12/h1-4,9,12,15H,5-8H2. The molecule has 0 unspecified atom stereocenters. The van der Waals surface area contributed by atoms with Crippen molar-refractivity contribution in [1.82, 2.24) is 20.1 Å². The van der Waals surface area contributed by atoms with Gasteiger partial charge >= 0.3 is 0 Å². The van der Waals surface area contributed by atoms with Crippen LogP contribution in [0.2, 0.25) is 0 Å². The number of hydrogen-bond donors (Lipinski definition) is 1. The van der Waals surface area contributed by atoms with Crippen molar-refractivity contribution in [2.75, 3.05) is 0 Å². The second-order valence-corrected chi connectivity index (χ2v) is 5.89. The van der Waals surface area contributed by atoms with Crippen molar-refractivity contribution in [3.8, 4) is 0 Å². The Morgan fingerprint density at radius 1 is 1.28 bits per heavy atom. The molecule has 0 radical (unpaired) electrons. The summed E-state index contributed by atoms with van der Waals surface area (Å²) >= 11 is 2.31. The first-order valence-electron chi connectivity index (χ1n) is 6.16. The number of aromatic nitrogens is 3. The van der Waals surface area contributed by atoms with Crippen LogP contribution in [0.1, 0.15) is 24.2 Å². The second-order valence-electron chi connectivity index (χ2n) is 4.64. The van der Waals surface area contributed by atoms with Crippen LogP contribution in [-0.4, -0.2) is 20.8 Å². The van der Waals surface area contributed by atoms with Crippen molar-refractivity contribution in [1.29, 1.82) is 0 Å². The van der Waals surface area contributed by atoms with E-state index in [0.717, 1.165) is 18.9 Å². The largest absolute Gasteiger partial charge is 0.307 e. The van der Waals surface area contributed by atoms with Crippen LogP contribution in [0.15, 0.2) is 30.6 Å². The Kier molecular flexibility index (Phi) is 3.60. The molecule has 18 heavy (non-hydrogen) atoms. The van der Waals surface area contributed by atoms with Crippen LogP contribution in [0.25, 0.3) is 0 Å².